The number of rotatable bonds is 6. The largest absolute Gasteiger partial charge is 0.397 e. The van der Waals surface area contributed by atoms with Gasteiger partial charge >= 0.3 is 0 Å². The number of imidazole rings is 1. The van der Waals surface area contributed by atoms with Gasteiger partial charge in [0.25, 0.3) is 0 Å². The van der Waals surface area contributed by atoms with Crippen LogP contribution in [-0.4, -0.2) is 22.9 Å². The molecule has 0 saturated carbocycles. The van der Waals surface area contributed by atoms with Crippen molar-refractivity contribution in [2.45, 2.75) is 53.4 Å². The highest BCUT2D eigenvalue weighted by Gasteiger charge is 2.15. The van der Waals surface area contributed by atoms with E-state index in [1.54, 1.807) is 0 Å². The molecule has 0 bridgehead atoms. The van der Waals surface area contributed by atoms with E-state index in [4.69, 9.17) is 16.5 Å². The summed E-state index contributed by atoms with van der Waals surface area (Å²) in [7, 11) is 0. The SMILES string of the molecule is C=Nc1ccc(-c2ccc3nc(-c4cccc(C(C)(C)C)c4)[nH]c3c2)cc1N.CCc1ccc(N)c(N=CC(C)C)c1. The molecule has 0 spiro atoms. The van der Waals surface area contributed by atoms with Gasteiger partial charge in [0, 0.05) is 11.8 Å². The number of aryl methyl sites for hydroxylation is 1. The molecule has 0 aliphatic rings. The van der Waals surface area contributed by atoms with Gasteiger partial charge in [-0.15, -0.1) is 0 Å². The van der Waals surface area contributed by atoms with Crippen molar-refractivity contribution in [3.63, 3.8) is 0 Å². The van der Waals surface area contributed by atoms with Gasteiger partial charge in [-0.2, -0.15) is 0 Å². The quantitative estimate of drug-likeness (QED) is 0.143. The van der Waals surface area contributed by atoms with Gasteiger partial charge in [-0.25, -0.2) is 4.98 Å². The first-order valence-electron chi connectivity index (χ1n) is 14.4. The van der Waals surface area contributed by atoms with Crippen molar-refractivity contribution < 1.29 is 0 Å². The molecule has 0 radical (unpaired) electrons. The highest BCUT2D eigenvalue weighted by molar-refractivity contribution is 5.86. The van der Waals surface area contributed by atoms with Crippen molar-refractivity contribution in [2.75, 3.05) is 11.5 Å². The third-order valence-corrected chi connectivity index (χ3v) is 7.03. The number of aromatic amines is 1. The van der Waals surface area contributed by atoms with Crippen LogP contribution in [0.2, 0.25) is 0 Å². The Labute approximate surface area is 249 Å². The fraction of sp³-hybridized carbons (Fsp3) is 0.250. The molecule has 0 fully saturated rings. The fourth-order valence-electron chi connectivity index (χ4n) is 4.49. The Hall–Kier alpha value is -4.71. The van der Waals surface area contributed by atoms with E-state index < -0.39 is 0 Å². The van der Waals surface area contributed by atoms with Crippen molar-refractivity contribution in [1.82, 2.24) is 9.97 Å². The summed E-state index contributed by atoms with van der Waals surface area (Å²) >= 11 is 0. The Balaban J connectivity index is 0.000000244. The van der Waals surface area contributed by atoms with Crippen LogP contribution in [0.5, 0.6) is 0 Å². The summed E-state index contributed by atoms with van der Waals surface area (Å²) in [6.45, 7) is 16.5. The van der Waals surface area contributed by atoms with Gasteiger partial charge in [0.15, 0.2) is 0 Å². The van der Waals surface area contributed by atoms with Crippen LogP contribution < -0.4 is 11.5 Å². The van der Waals surface area contributed by atoms with E-state index in [2.05, 4.69) is 99.6 Å². The predicted octanol–water partition coefficient (Wildman–Crippen LogP) is 9.30. The Morgan fingerprint density at radius 1 is 0.857 bits per heavy atom. The van der Waals surface area contributed by atoms with Crippen LogP contribution in [0.3, 0.4) is 0 Å². The summed E-state index contributed by atoms with van der Waals surface area (Å²) in [4.78, 5) is 16.5. The number of nitrogens with two attached hydrogens (primary N) is 2. The summed E-state index contributed by atoms with van der Waals surface area (Å²) in [6, 6.07) is 26.6. The van der Waals surface area contributed by atoms with Crippen LogP contribution in [0.25, 0.3) is 33.5 Å². The summed E-state index contributed by atoms with van der Waals surface area (Å²) in [5.74, 6) is 1.34. The number of H-pyrrole nitrogens is 1. The fourth-order valence-corrected chi connectivity index (χ4v) is 4.49. The number of aliphatic imine (C=N–C) groups is 2. The maximum Gasteiger partial charge on any atom is 0.138 e. The summed E-state index contributed by atoms with van der Waals surface area (Å²) in [6.07, 6.45) is 2.94. The molecule has 216 valence electrons. The number of hydrogen-bond donors (Lipinski definition) is 3. The highest BCUT2D eigenvalue weighted by atomic mass is 14.9. The molecule has 0 aliphatic carbocycles. The van der Waals surface area contributed by atoms with E-state index in [0.29, 0.717) is 17.3 Å². The monoisotopic (exact) mass is 558 g/mol. The molecule has 1 heterocycles. The molecular weight excluding hydrogens is 516 g/mol. The van der Waals surface area contributed by atoms with Gasteiger partial charge < -0.3 is 16.5 Å². The average Bonchev–Trinajstić information content (AvgIpc) is 3.40. The van der Waals surface area contributed by atoms with E-state index in [1.807, 2.05) is 48.7 Å². The standard InChI is InChI=1S/C24H24N4.C12H18N2/c1-24(2,3)18-7-5-6-17(12-18)23-27-21-11-9-16(14-22(21)28-23)15-8-10-20(26-4)19(25)13-15;1-4-10-5-6-11(13)12(7-10)14-8-9(2)3/h5-14H,4,25H2,1-3H3,(H,27,28);5-9H,4,13H2,1-3H3. The molecule has 5 N–H and O–H groups in total. The van der Waals surface area contributed by atoms with Crippen LogP contribution in [0.1, 0.15) is 52.7 Å². The topological polar surface area (TPSA) is 105 Å². The number of anilines is 2. The number of nitrogens with zero attached hydrogens (tertiary/aromatic N) is 3. The number of hydrogen-bond acceptors (Lipinski definition) is 5. The smallest absolute Gasteiger partial charge is 0.138 e. The molecule has 6 heteroatoms. The maximum absolute atomic E-state index is 6.06. The van der Waals surface area contributed by atoms with Crippen molar-refractivity contribution >= 4 is 46.7 Å². The Morgan fingerprint density at radius 2 is 1.60 bits per heavy atom. The van der Waals surface area contributed by atoms with E-state index in [1.165, 1.54) is 11.1 Å². The third-order valence-electron chi connectivity index (χ3n) is 7.03. The highest BCUT2D eigenvalue weighted by Crippen LogP contribution is 2.32. The normalized spacial score (nSPS) is 11.6. The summed E-state index contributed by atoms with van der Waals surface area (Å²) in [5, 5.41) is 0. The first-order valence-corrected chi connectivity index (χ1v) is 14.4. The first kappa shape index (κ1) is 30.3. The van der Waals surface area contributed by atoms with Gasteiger partial charge in [0.2, 0.25) is 0 Å². The molecule has 0 saturated heterocycles. The lowest BCUT2D eigenvalue weighted by Gasteiger charge is -2.19. The number of aromatic nitrogens is 2. The van der Waals surface area contributed by atoms with Gasteiger partial charge in [0.05, 0.1) is 33.8 Å². The number of benzene rings is 4. The minimum atomic E-state index is 0.0988. The second-order valence-electron chi connectivity index (χ2n) is 11.8. The van der Waals surface area contributed by atoms with Crippen LogP contribution in [0.4, 0.5) is 22.7 Å². The molecule has 5 aromatic rings. The minimum Gasteiger partial charge on any atom is -0.397 e. The van der Waals surface area contributed by atoms with Crippen molar-refractivity contribution in [2.24, 2.45) is 15.9 Å². The lowest BCUT2D eigenvalue weighted by atomic mass is 9.86. The molecular formula is C36H42N6. The number of fused-ring (bicyclic) bond motifs is 1. The molecule has 4 aromatic carbocycles. The third kappa shape index (κ3) is 7.32. The molecule has 5 rings (SSSR count). The predicted molar refractivity (Wildman–Crippen MR) is 183 cm³/mol. The second-order valence-corrected chi connectivity index (χ2v) is 11.8. The van der Waals surface area contributed by atoms with Crippen molar-refractivity contribution in [1.29, 1.82) is 0 Å². The Morgan fingerprint density at radius 3 is 2.26 bits per heavy atom. The first-order chi connectivity index (χ1) is 20.0. The average molecular weight is 559 g/mol. The van der Waals surface area contributed by atoms with Crippen LogP contribution in [0.15, 0.2) is 88.8 Å². The van der Waals surface area contributed by atoms with Crippen LogP contribution in [-0.2, 0) is 11.8 Å². The number of nitrogens with one attached hydrogen (secondary N) is 1. The van der Waals surface area contributed by atoms with E-state index in [9.17, 15) is 0 Å². The molecule has 6 nitrogen and oxygen atoms in total. The second kappa shape index (κ2) is 12.9. The molecule has 0 aliphatic heterocycles. The molecule has 0 atom stereocenters. The van der Waals surface area contributed by atoms with E-state index >= 15 is 0 Å². The van der Waals surface area contributed by atoms with Gasteiger partial charge in [-0.3, -0.25) is 9.98 Å². The molecule has 0 unspecified atom stereocenters. The lowest BCUT2D eigenvalue weighted by molar-refractivity contribution is 0.590. The van der Waals surface area contributed by atoms with Crippen LogP contribution >= 0.6 is 0 Å². The van der Waals surface area contributed by atoms with Crippen LogP contribution in [0, 0.1) is 5.92 Å². The van der Waals surface area contributed by atoms with Gasteiger partial charge in [-0.1, -0.05) is 77.9 Å². The lowest BCUT2D eigenvalue weighted by Crippen LogP contribution is -2.10. The Kier molecular flexibility index (Phi) is 9.26. The zero-order valence-corrected chi connectivity index (χ0v) is 25.6. The van der Waals surface area contributed by atoms with Gasteiger partial charge in [-0.05, 0) is 89.2 Å². The molecule has 0 amide bonds. The van der Waals surface area contributed by atoms with E-state index in [-0.39, 0.29) is 5.41 Å². The van der Waals surface area contributed by atoms with E-state index in [0.717, 1.165) is 51.3 Å². The summed E-state index contributed by atoms with van der Waals surface area (Å²) in [5.41, 5.74) is 22.6. The summed E-state index contributed by atoms with van der Waals surface area (Å²) < 4.78 is 0. The van der Waals surface area contributed by atoms with Crippen molar-refractivity contribution in [3.8, 4) is 22.5 Å². The zero-order chi connectivity index (χ0) is 30.4. The maximum atomic E-state index is 6.06. The zero-order valence-electron chi connectivity index (χ0n) is 25.6. The van der Waals surface area contributed by atoms with Gasteiger partial charge in [0.1, 0.15) is 5.82 Å². The molecule has 1 aromatic heterocycles. The minimum absolute atomic E-state index is 0.0988. The molecule has 42 heavy (non-hydrogen) atoms. The van der Waals surface area contributed by atoms with Crippen molar-refractivity contribution in [3.05, 3.63) is 90.0 Å². The number of nitrogen functional groups attached to an aromatic ring is 2. The Bertz CT molecular complexity index is 1720.